The molecule has 3 atom stereocenters. The molecule has 3 N–H and O–H groups in total. The number of hydrogen-bond donors (Lipinski definition) is 2. The first-order valence-corrected chi connectivity index (χ1v) is 15.8. The summed E-state index contributed by atoms with van der Waals surface area (Å²) in [6.07, 6.45) is 0.740. The summed E-state index contributed by atoms with van der Waals surface area (Å²) in [4.78, 5) is 33.2. The molecule has 2 aliphatic rings. The minimum Gasteiger partial charge on any atom is -0.399 e. The Hall–Kier alpha value is -4.76. The van der Waals surface area contributed by atoms with E-state index in [-0.39, 0.29) is 24.2 Å². The number of amides is 2. The van der Waals surface area contributed by atoms with Crippen molar-refractivity contribution in [1.82, 2.24) is 9.80 Å². The van der Waals surface area contributed by atoms with Crippen LogP contribution >= 0.6 is 0 Å². The Bertz CT molecular complexity index is 1620. The van der Waals surface area contributed by atoms with Crippen LogP contribution in [0, 0.1) is 5.82 Å². The van der Waals surface area contributed by atoms with Gasteiger partial charge in [-0.2, -0.15) is 0 Å². The summed E-state index contributed by atoms with van der Waals surface area (Å²) in [5.74, 6) is -0.680. The Morgan fingerprint density at radius 1 is 0.848 bits per heavy atom. The third kappa shape index (κ3) is 7.37. The van der Waals surface area contributed by atoms with Crippen molar-refractivity contribution in [2.75, 3.05) is 35.6 Å². The van der Waals surface area contributed by atoms with Crippen molar-refractivity contribution in [3.63, 3.8) is 0 Å². The number of alkyl halides is 1. The third-order valence-corrected chi connectivity index (χ3v) is 8.85. The van der Waals surface area contributed by atoms with E-state index in [1.165, 1.54) is 12.1 Å². The fraction of sp³-hybridized carbons (Fsp3) is 0.297. The second kappa shape index (κ2) is 14.1. The molecule has 2 aliphatic heterocycles. The first-order chi connectivity index (χ1) is 22.3. The highest BCUT2D eigenvalue weighted by molar-refractivity contribution is 5.98. The molecule has 0 spiro atoms. The molecule has 4 aromatic carbocycles. The highest BCUT2D eigenvalue weighted by Crippen LogP contribution is 2.32. The van der Waals surface area contributed by atoms with Crippen LogP contribution in [0.15, 0.2) is 103 Å². The van der Waals surface area contributed by atoms with E-state index in [9.17, 15) is 18.4 Å². The minimum absolute atomic E-state index is 0.157. The molecule has 4 aromatic rings. The van der Waals surface area contributed by atoms with Crippen LogP contribution < -0.4 is 16.0 Å². The number of rotatable bonds is 10. The molecule has 0 radical (unpaired) electrons. The topological polar surface area (TPSA) is 81.9 Å². The Labute approximate surface area is 268 Å². The third-order valence-electron chi connectivity index (χ3n) is 8.85. The highest BCUT2D eigenvalue weighted by atomic mass is 19.1. The number of carbonyl (C=O) groups is 2. The molecule has 2 fully saturated rings. The SMILES string of the molecule is Nc1ccc(CN(Cc2ccc(NC(=O)[C@@H]3CCCN3C(=O)C(c3ccccc3)N3CC[C@H](F)C3)cc2)c2ccc(F)cc2)cc1. The maximum Gasteiger partial charge on any atom is 0.247 e. The molecule has 0 bridgehead atoms. The van der Waals surface area contributed by atoms with Crippen LogP contribution in [-0.2, 0) is 22.7 Å². The van der Waals surface area contributed by atoms with Gasteiger partial charge < -0.3 is 20.9 Å². The first-order valence-electron chi connectivity index (χ1n) is 15.8. The van der Waals surface area contributed by atoms with Crippen LogP contribution in [0.25, 0.3) is 0 Å². The van der Waals surface area contributed by atoms with E-state index in [0.29, 0.717) is 50.4 Å². The second-order valence-electron chi connectivity index (χ2n) is 12.1. The molecule has 0 aromatic heterocycles. The van der Waals surface area contributed by atoms with Crippen LogP contribution in [0.1, 0.15) is 42.0 Å². The molecule has 2 amide bonds. The van der Waals surface area contributed by atoms with Crippen molar-refractivity contribution in [2.24, 2.45) is 0 Å². The molecule has 2 heterocycles. The van der Waals surface area contributed by atoms with Gasteiger partial charge >= 0.3 is 0 Å². The van der Waals surface area contributed by atoms with E-state index in [1.807, 2.05) is 83.8 Å². The maximum atomic E-state index is 14.2. The molecular weight excluding hydrogens is 584 g/mol. The number of carbonyl (C=O) groups excluding carboxylic acids is 2. The van der Waals surface area contributed by atoms with Gasteiger partial charge in [0.15, 0.2) is 0 Å². The number of nitrogen functional groups attached to an aromatic ring is 1. The second-order valence-corrected chi connectivity index (χ2v) is 12.1. The van der Waals surface area contributed by atoms with Gasteiger partial charge in [0.1, 0.15) is 24.1 Å². The van der Waals surface area contributed by atoms with Crippen LogP contribution in [0.2, 0.25) is 0 Å². The number of anilines is 3. The minimum atomic E-state index is -0.958. The number of hydrogen-bond acceptors (Lipinski definition) is 5. The lowest BCUT2D eigenvalue weighted by Gasteiger charge is -2.33. The first kappa shape index (κ1) is 31.2. The summed E-state index contributed by atoms with van der Waals surface area (Å²) in [5.41, 5.74) is 11.0. The summed E-state index contributed by atoms with van der Waals surface area (Å²) < 4.78 is 27.9. The Balaban J connectivity index is 1.13. The molecule has 1 unspecified atom stereocenters. The summed E-state index contributed by atoms with van der Waals surface area (Å²) in [6.45, 7) is 2.36. The fourth-order valence-corrected chi connectivity index (χ4v) is 6.46. The molecule has 238 valence electrons. The quantitative estimate of drug-likeness (QED) is 0.202. The van der Waals surface area contributed by atoms with Gasteiger partial charge in [0.05, 0.1) is 0 Å². The fourth-order valence-electron chi connectivity index (χ4n) is 6.46. The average molecular weight is 624 g/mol. The lowest BCUT2D eigenvalue weighted by Crippen LogP contribution is -2.48. The molecular formula is C37H39F2N5O2. The van der Waals surface area contributed by atoms with Gasteiger partial charge in [0.2, 0.25) is 11.8 Å². The van der Waals surface area contributed by atoms with Crippen molar-refractivity contribution < 1.29 is 18.4 Å². The number of nitrogens with one attached hydrogen (secondary N) is 1. The smallest absolute Gasteiger partial charge is 0.247 e. The zero-order valence-electron chi connectivity index (χ0n) is 25.7. The van der Waals surface area contributed by atoms with Gasteiger partial charge in [-0.3, -0.25) is 14.5 Å². The van der Waals surface area contributed by atoms with Crippen molar-refractivity contribution in [3.8, 4) is 0 Å². The number of nitrogens with two attached hydrogens (primary N) is 1. The normalized spacial score (nSPS) is 18.8. The van der Waals surface area contributed by atoms with Gasteiger partial charge in [0, 0.05) is 49.8 Å². The number of likely N-dealkylation sites (tertiary alicyclic amines) is 2. The van der Waals surface area contributed by atoms with Gasteiger partial charge in [0.25, 0.3) is 0 Å². The average Bonchev–Trinajstić information content (AvgIpc) is 3.73. The van der Waals surface area contributed by atoms with Crippen LogP contribution in [0.5, 0.6) is 0 Å². The van der Waals surface area contributed by atoms with E-state index in [4.69, 9.17) is 5.73 Å². The largest absolute Gasteiger partial charge is 0.399 e. The molecule has 6 rings (SSSR count). The summed E-state index contributed by atoms with van der Waals surface area (Å²) in [6, 6.07) is 30.0. The predicted octanol–water partition coefficient (Wildman–Crippen LogP) is 6.33. The number of halogens is 2. The highest BCUT2D eigenvalue weighted by Gasteiger charge is 2.41. The van der Waals surface area contributed by atoms with Gasteiger partial charge in [-0.15, -0.1) is 0 Å². The van der Waals surface area contributed by atoms with E-state index in [1.54, 1.807) is 17.0 Å². The van der Waals surface area contributed by atoms with Crippen molar-refractivity contribution in [3.05, 3.63) is 126 Å². The monoisotopic (exact) mass is 623 g/mol. The Morgan fingerprint density at radius 3 is 2.13 bits per heavy atom. The van der Waals surface area contributed by atoms with E-state index in [0.717, 1.165) is 28.8 Å². The summed E-state index contributed by atoms with van der Waals surface area (Å²) in [5, 5.41) is 3.01. The lowest BCUT2D eigenvalue weighted by molar-refractivity contribution is -0.141. The van der Waals surface area contributed by atoms with Crippen LogP contribution in [-0.4, -0.2) is 53.5 Å². The predicted molar refractivity (Wildman–Crippen MR) is 177 cm³/mol. The van der Waals surface area contributed by atoms with Crippen LogP contribution in [0.4, 0.5) is 25.8 Å². The van der Waals surface area contributed by atoms with Crippen LogP contribution in [0.3, 0.4) is 0 Å². The molecule has 0 aliphatic carbocycles. The molecule has 2 saturated heterocycles. The standard InChI is InChI=1S/C37H39F2N5O2/c38-29-12-18-33(19-13-29)43(23-26-8-14-31(40)15-9-26)24-27-10-16-32(17-11-27)41-36(45)34-7-4-21-44(34)37(46)35(28-5-2-1-3-6-28)42-22-20-30(39)25-42/h1-3,5-6,8-19,30,34-35H,4,7,20-25,40H2,(H,41,45)/t30-,34-,35?/m0/s1. The number of benzene rings is 4. The van der Waals surface area contributed by atoms with E-state index >= 15 is 0 Å². The van der Waals surface area contributed by atoms with Gasteiger partial charge in [-0.25, -0.2) is 8.78 Å². The van der Waals surface area contributed by atoms with Crippen molar-refractivity contribution in [2.45, 2.75) is 50.6 Å². The van der Waals surface area contributed by atoms with E-state index in [2.05, 4.69) is 10.2 Å². The zero-order chi connectivity index (χ0) is 32.0. The van der Waals surface area contributed by atoms with Gasteiger partial charge in [-0.05, 0) is 84.5 Å². The lowest BCUT2D eigenvalue weighted by atomic mass is 10.0. The van der Waals surface area contributed by atoms with E-state index < -0.39 is 18.3 Å². The Morgan fingerprint density at radius 2 is 1.50 bits per heavy atom. The molecule has 0 saturated carbocycles. The zero-order valence-corrected chi connectivity index (χ0v) is 25.7. The van der Waals surface area contributed by atoms with Gasteiger partial charge in [-0.1, -0.05) is 54.6 Å². The molecule has 46 heavy (non-hydrogen) atoms. The molecule has 7 nitrogen and oxygen atoms in total. The molecule has 9 heteroatoms. The summed E-state index contributed by atoms with van der Waals surface area (Å²) in [7, 11) is 0. The maximum absolute atomic E-state index is 14.2. The van der Waals surface area contributed by atoms with Crippen molar-refractivity contribution in [1.29, 1.82) is 0 Å². The van der Waals surface area contributed by atoms with Crippen molar-refractivity contribution >= 4 is 28.9 Å². The summed E-state index contributed by atoms with van der Waals surface area (Å²) >= 11 is 0. The number of nitrogens with zero attached hydrogens (tertiary/aromatic N) is 3. The Kier molecular flexibility index (Phi) is 9.59.